The van der Waals surface area contributed by atoms with Crippen LogP contribution in [0.5, 0.6) is 0 Å². The Morgan fingerprint density at radius 1 is 1.18 bits per heavy atom. The molecule has 0 spiro atoms. The number of halogens is 3. The van der Waals surface area contributed by atoms with Crippen molar-refractivity contribution in [2.24, 2.45) is 0 Å². The molecular weight excluding hydrogens is 377 g/mol. The SMILES string of the molecule is CC(C)N(Cc1ccc(C(F)(F)F)cc1)[C@H]1CCNC1.O=C(O)C=CC(=O)O. The van der Waals surface area contributed by atoms with Gasteiger partial charge in [-0.05, 0) is 44.5 Å². The number of aliphatic carboxylic acids is 2. The third-order valence-electron chi connectivity index (χ3n) is 4.18. The zero-order valence-electron chi connectivity index (χ0n) is 15.7. The van der Waals surface area contributed by atoms with Gasteiger partial charge in [0.25, 0.3) is 0 Å². The number of nitrogens with zero attached hydrogens (tertiary/aromatic N) is 1. The fourth-order valence-corrected chi connectivity index (χ4v) is 2.81. The third kappa shape index (κ3) is 8.53. The van der Waals surface area contributed by atoms with E-state index < -0.39 is 23.7 Å². The molecule has 1 saturated heterocycles. The molecule has 1 atom stereocenters. The van der Waals surface area contributed by atoms with Gasteiger partial charge in [-0.15, -0.1) is 0 Å². The second kappa shape index (κ2) is 10.8. The van der Waals surface area contributed by atoms with E-state index >= 15 is 0 Å². The summed E-state index contributed by atoms with van der Waals surface area (Å²) in [6.07, 6.45) is -2.05. The molecule has 6 nitrogen and oxygen atoms in total. The minimum atomic E-state index is -4.26. The Morgan fingerprint density at radius 2 is 1.71 bits per heavy atom. The highest BCUT2D eigenvalue weighted by molar-refractivity contribution is 5.89. The number of hydrogen-bond donors (Lipinski definition) is 3. The van der Waals surface area contributed by atoms with Gasteiger partial charge in [-0.3, -0.25) is 4.90 Å². The van der Waals surface area contributed by atoms with Crippen LogP contribution in [0.3, 0.4) is 0 Å². The monoisotopic (exact) mass is 402 g/mol. The van der Waals surface area contributed by atoms with E-state index in [2.05, 4.69) is 24.1 Å². The lowest BCUT2D eigenvalue weighted by molar-refractivity contribution is -0.137. The molecule has 1 aromatic rings. The van der Waals surface area contributed by atoms with Crippen LogP contribution in [-0.4, -0.2) is 52.2 Å². The highest BCUT2D eigenvalue weighted by Gasteiger charge is 2.30. The lowest BCUT2D eigenvalue weighted by Gasteiger charge is -2.32. The molecule has 1 heterocycles. The summed E-state index contributed by atoms with van der Waals surface area (Å²) in [4.78, 5) is 21.5. The van der Waals surface area contributed by atoms with Gasteiger partial charge in [0, 0.05) is 37.3 Å². The molecule has 1 aliphatic rings. The number of alkyl halides is 3. The van der Waals surface area contributed by atoms with Crippen LogP contribution in [0.2, 0.25) is 0 Å². The molecular formula is C19H25F3N2O4. The molecule has 0 aromatic heterocycles. The molecule has 0 aliphatic carbocycles. The summed E-state index contributed by atoms with van der Waals surface area (Å²) >= 11 is 0. The zero-order chi connectivity index (χ0) is 21.3. The Bertz CT molecular complexity index is 651. The summed E-state index contributed by atoms with van der Waals surface area (Å²) < 4.78 is 37.6. The van der Waals surface area contributed by atoms with E-state index in [9.17, 15) is 22.8 Å². The molecule has 1 aromatic carbocycles. The standard InChI is InChI=1S/C15H21F3N2.C4H4O4/c1-11(2)20(14-7-8-19-9-14)10-12-3-5-13(6-4-12)15(16,17)18;5-3(6)1-2-4(7)8/h3-6,11,14,19H,7-10H2,1-2H3;1-2H,(H,5,6)(H,7,8)/t14-;/m0./s1. The van der Waals surface area contributed by atoms with Crippen molar-refractivity contribution in [2.75, 3.05) is 13.1 Å². The maximum absolute atomic E-state index is 12.5. The Balaban J connectivity index is 0.000000416. The first-order chi connectivity index (χ1) is 13.0. The number of rotatable bonds is 6. The van der Waals surface area contributed by atoms with Gasteiger partial charge >= 0.3 is 18.1 Å². The average Bonchev–Trinajstić information content (AvgIpc) is 3.12. The highest BCUT2D eigenvalue weighted by Crippen LogP contribution is 2.29. The summed E-state index contributed by atoms with van der Waals surface area (Å²) in [5, 5.41) is 19.0. The molecule has 0 radical (unpaired) electrons. The smallest absolute Gasteiger partial charge is 0.416 e. The first kappa shape index (κ1) is 23.6. The van der Waals surface area contributed by atoms with Crippen molar-refractivity contribution in [3.63, 3.8) is 0 Å². The second-order valence-corrected chi connectivity index (χ2v) is 6.62. The number of carboxylic acid groups (broad SMARTS) is 2. The van der Waals surface area contributed by atoms with Gasteiger partial charge in [0.15, 0.2) is 0 Å². The predicted octanol–water partition coefficient (Wildman–Crippen LogP) is 2.99. The van der Waals surface area contributed by atoms with E-state index in [1.54, 1.807) is 12.1 Å². The van der Waals surface area contributed by atoms with Crippen molar-refractivity contribution in [1.82, 2.24) is 10.2 Å². The first-order valence-electron chi connectivity index (χ1n) is 8.77. The van der Waals surface area contributed by atoms with E-state index in [0.29, 0.717) is 30.8 Å². The molecule has 156 valence electrons. The van der Waals surface area contributed by atoms with E-state index in [0.717, 1.165) is 25.1 Å². The maximum Gasteiger partial charge on any atom is 0.416 e. The summed E-state index contributed by atoms with van der Waals surface area (Å²) in [7, 11) is 0. The Kier molecular flexibility index (Phi) is 9.14. The van der Waals surface area contributed by atoms with Crippen LogP contribution in [0.4, 0.5) is 13.2 Å². The van der Waals surface area contributed by atoms with Gasteiger partial charge in [-0.25, -0.2) is 9.59 Å². The lowest BCUT2D eigenvalue weighted by Crippen LogP contribution is -2.41. The van der Waals surface area contributed by atoms with Crippen molar-refractivity contribution in [3.8, 4) is 0 Å². The van der Waals surface area contributed by atoms with E-state index in [1.807, 2.05) is 0 Å². The molecule has 3 N–H and O–H groups in total. The molecule has 0 unspecified atom stereocenters. The number of carboxylic acids is 2. The quantitative estimate of drug-likeness (QED) is 0.634. The van der Waals surface area contributed by atoms with E-state index in [4.69, 9.17) is 10.2 Å². The average molecular weight is 402 g/mol. The molecule has 28 heavy (non-hydrogen) atoms. The van der Waals surface area contributed by atoms with Crippen molar-refractivity contribution in [1.29, 1.82) is 0 Å². The molecule has 1 fully saturated rings. The normalized spacial score (nSPS) is 17.0. The van der Waals surface area contributed by atoms with Gasteiger partial charge < -0.3 is 15.5 Å². The number of hydrogen-bond acceptors (Lipinski definition) is 4. The third-order valence-corrected chi connectivity index (χ3v) is 4.18. The first-order valence-corrected chi connectivity index (χ1v) is 8.77. The van der Waals surface area contributed by atoms with Gasteiger partial charge in [0.1, 0.15) is 0 Å². The van der Waals surface area contributed by atoms with Crippen LogP contribution < -0.4 is 5.32 Å². The number of benzene rings is 1. The summed E-state index contributed by atoms with van der Waals surface area (Å²) in [6, 6.07) is 6.35. The van der Waals surface area contributed by atoms with Gasteiger partial charge in [-0.1, -0.05) is 12.1 Å². The summed E-state index contributed by atoms with van der Waals surface area (Å²) in [6.45, 7) is 6.92. The minimum Gasteiger partial charge on any atom is -0.478 e. The Hall–Kier alpha value is -2.39. The molecule has 0 saturated carbocycles. The fourth-order valence-electron chi connectivity index (χ4n) is 2.81. The minimum absolute atomic E-state index is 0.377. The van der Waals surface area contributed by atoms with Crippen LogP contribution in [-0.2, 0) is 22.3 Å². The van der Waals surface area contributed by atoms with Gasteiger partial charge in [0.05, 0.1) is 5.56 Å². The molecule has 0 bridgehead atoms. The molecule has 0 amide bonds. The van der Waals surface area contributed by atoms with Crippen LogP contribution in [0.15, 0.2) is 36.4 Å². The van der Waals surface area contributed by atoms with Crippen LogP contribution in [0.1, 0.15) is 31.4 Å². The fraction of sp³-hybridized carbons (Fsp3) is 0.474. The second-order valence-electron chi connectivity index (χ2n) is 6.62. The van der Waals surface area contributed by atoms with Gasteiger partial charge in [-0.2, -0.15) is 13.2 Å². The maximum atomic E-state index is 12.5. The molecule has 9 heteroatoms. The number of nitrogens with one attached hydrogen (secondary N) is 1. The van der Waals surface area contributed by atoms with Crippen molar-refractivity contribution < 1.29 is 33.0 Å². The Morgan fingerprint density at radius 3 is 2.07 bits per heavy atom. The lowest BCUT2D eigenvalue weighted by atomic mass is 10.1. The number of carbonyl (C=O) groups is 2. The molecule has 1 aliphatic heterocycles. The van der Waals surface area contributed by atoms with Gasteiger partial charge in [0.2, 0.25) is 0 Å². The van der Waals surface area contributed by atoms with E-state index in [-0.39, 0.29) is 0 Å². The van der Waals surface area contributed by atoms with E-state index in [1.165, 1.54) is 12.1 Å². The molecule has 2 rings (SSSR count). The topological polar surface area (TPSA) is 89.9 Å². The largest absolute Gasteiger partial charge is 0.478 e. The van der Waals surface area contributed by atoms with Crippen LogP contribution >= 0.6 is 0 Å². The van der Waals surface area contributed by atoms with Crippen LogP contribution in [0, 0.1) is 0 Å². The summed E-state index contributed by atoms with van der Waals surface area (Å²) in [5.74, 6) is -2.51. The Labute approximate surface area is 161 Å². The zero-order valence-corrected chi connectivity index (χ0v) is 15.7. The van der Waals surface area contributed by atoms with Crippen LogP contribution in [0.25, 0.3) is 0 Å². The van der Waals surface area contributed by atoms with Crippen molar-refractivity contribution in [3.05, 3.63) is 47.5 Å². The summed E-state index contributed by atoms with van der Waals surface area (Å²) in [5.41, 5.74) is 0.346. The van der Waals surface area contributed by atoms with Crippen molar-refractivity contribution >= 4 is 11.9 Å². The predicted molar refractivity (Wildman–Crippen MR) is 97.8 cm³/mol. The highest BCUT2D eigenvalue weighted by atomic mass is 19.4. The van der Waals surface area contributed by atoms with Crippen molar-refractivity contribution in [2.45, 2.75) is 45.1 Å².